The molecule has 0 heterocycles. The molecule has 0 saturated carbocycles. The second kappa shape index (κ2) is 8.04. The van der Waals surface area contributed by atoms with E-state index in [1.165, 1.54) is 14.2 Å². The van der Waals surface area contributed by atoms with Crippen molar-refractivity contribution < 1.29 is 14.3 Å². The Balaban J connectivity index is 5.80. The van der Waals surface area contributed by atoms with E-state index in [-0.39, 0.29) is 0 Å². The summed E-state index contributed by atoms with van der Waals surface area (Å²) < 4.78 is 10.1. The number of carbonyl (C=O) groups is 1. The average molecular weight is 277 g/mol. The summed E-state index contributed by atoms with van der Waals surface area (Å²) in [6, 6.07) is 0. The minimum Gasteiger partial charge on any atom is -0.496 e. The number of nitrogens with two attached hydrogens (primary N) is 1. The predicted octanol–water partition coefficient (Wildman–Crippen LogP) is 3.00. The Kier molecular flexibility index (Phi) is 7.15. The highest BCUT2D eigenvalue weighted by Crippen LogP contribution is 2.22. The first-order chi connectivity index (χ1) is 9.26. The average Bonchev–Trinajstić information content (AvgIpc) is 2.39. The molecule has 0 radical (unpaired) electrons. The number of rotatable bonds is 6. The van der Waals surface area contributed by atoms with E-state index in [0.29, 0.717) is 22.6 Å². The lowest BCUT2D eigenvalue weighted by Crippen LogP contribution is -2.10. The fraction of sp³-hybridized carbons (Fsp3) is 0.312. The quantitative estimate of drug-likeness (QED) is 0.351. The number of hydrogen-bond acceptors (Lipinski definition) is 4. The van der Waals surface area contributed by atoms with Crippen LogP contribution in [0.3, 0.4) is 0 Å². The van der Waals surface area contributed by atoms with E-state index in [9.17, 15) is 4.79 Å². The summed E-state index contributed by atoms with van der Waals surface area (Å²) in [6.45, 7) is 12.9. The van der Waals surface area contributed by atoms with Gasteiger partial charge in [0.25, 0.3) is 0 Å². The molecule has 0 aliphatic heterocycles. The molecule has 0 atom stereocenters. The van der Waals surface area contributed by atoms with Gasteiger partial charge in [-0.25, -0.2) is 4.79 Å². The van der Waals surface area contributed by atoms with Gasteiger partial charge in [-0.2, -0.15) is 0 Å². The first-order valence-electron chi connectivity index (χ1n) is 6.09. The van der Waals surface area contributed by atoms with Crippen molar-refractivity contribution in [1.29, 1.82) is 0 Å². The van der Waals surface area contributed by atoms with Gasteiger partial charge in [0, 0.05) is 5.70 Å². The lowest BCUT2D eigenvalue weighted by molar-refractivity contribution is -0.136. The number of esters is 1. The molecule has 0 spiro atoms. The molecule has 4 nitrogen and oxygen atoms in total. The molecule has 0 unspecified atom stereocenters. The van der Waals surface area contributed by atoms with Crippen LogP contribution in [0.5, 0.6) is 0 Å². The van der Waals surface area contributed by atoms with Crippen LogP contribution in [0.1, 0.15) is 20.8 Å². The highest BCUT2D eigenvalue weighted by atomic mass is 16.5. The molecule has 0 fully saturated rings. The second-order valence-electron chi connectivity index (χ2n) is 4.43. The number of methoxy groups -OCH3 is 2. The molecule has 20 heavy (non-hydrogen) atoms. The first-order valence-corrected chi connectivity index (χ1v) is 6.09. The Bertz CT molecular complexity index is 508. The van der Waals surface area contributed by atoms with Crippen LogP contribution in [0.25, 0.3) is 0 Å². The molecule has 2 N–H and O–H groups in total. The van der Waals surface area contributed by atoms with Crippen molar-refractivity contribution >= 4 is 5.97 Å². The maximum absolute atomic E-state index is 11.8. The van der Waals surface area contributed by atoms with Gasteiger partial charge in [-0.1, -0.05) is 19.2 Å². The van der Waals surface area contributed by atoms with Crippen LogP contribution in [-0.2, 0) is 14.3 Å². The van der Waals surface area contributed by atoms with Crippen LogP contribution < -0.4 is 5.73 Å². The Morgan fingerprint density at radius 1 is 1.00 bits per heavy atom. The van der Waals surface area contributed by atoms with Crippen molar-refractivity contribution in [1.82, 2.24) is 0 Å². The molecular formula is C16H23NO3. The summed E-state index contributed by atoms with van der Waals surface area (Å²) in [5.74, 6) is -0.0749. The fourth-order valence-corrected chi connectivity index (χ4v) is 1.46. The number of carbonyl (C=O) groups excluding carboxylic acids is 1. The van der Waals surface area contributed by atoms with E-state index < -0.39 is 5.97 Å². The molecule has 0 aromatic carbocycles. The summed E-state index contributed by atoms with van der Waals surface area (Å²) >= 11 is 0. The van der Waals surface area contributed by atoms with Gasteiger partial charge >= 0.3 is 5.97 Å². The van der Waals surface area contributed by atoms with E-state index in [0.717, 1.165) is 11.1 Å². The molecule has 0 aliphatic rings. The van der Waals surface area contributed by atoms with E-state index in [4.69, 9.17) is 15.2 Å². The van der Waals surface area contributed by atoms with Gasteiger partial charge in [0.2, 0.25) is 0 Å². The van der Waals surface area contributed by atoms with E-state index in [2.05, 4.69) is 13.2 Å². The normalized spacial score (nSPS) is 13.4. The van der Waals surface area contributed by atoms with Crippen molar-refractivity contribution in [2.75, 3.05) is 14.2 Å². The predicted molar refractivity (Wildman–Crippen MR) is 81.7 cm³/mol. The van der Waals surface area contributed by atoms with Gasteiger partial charge in [-0.15, -0.1) is 0 Å². The lowest BCUT2D eigenvalue weighted by atomic mass is 10.0. The van der Waals surface area contributed by atoms with Crippen LogP contribution in [0.15, 0.2) is 59.1 Å². The monoisotopic (exact) mass is 277 g/mol. The summed E-state index contributed by atoms with van der Waals surface area (Å²) in [5, 5.41) is 0. The smallest absolute Gasteiger partial charge is 0.341 e. The molecule has 0 aliphatic carbocycles. The van der Waals surface area contributed by atoms with E-state index in [1.54, 1.807) is 19.1 Å². The van der Waals surface area contributed by atoms with Gasteiger partial charge in [-0.05, 0) is 43.6 Å². The van der Waals surface area contributed by atoms with Crippen molar-refractivity contribution in [3.05, 3.63) is 59.1 Å². The van der Waals surface area contributed by atoms with Crippen molar-refractivity contribution in [3.63, 3.8) is 0 Å². The van der Waals surface area contributed by atoms with Crippen LogP contribution in [0.2, 0.25) is 0 Å². The standard InChI is InChI=1S/C16H23NO3/c1-10(2)13(17)9-8-12(5)15(19-6)14(11(3)4)16(18)20-7/h8-9H,1,3,17H2,2,4-7H3/b12-8+,13-9+,15-14+. The Labute approximate surface area is 120 Å². The summed E-state index contributed by atoms with van der Waals surface area (Å²) in [7, 11) is 2.81. The van der Waals surface area contributed by atoms with Crippen molar-refractivity contribution in [2.24, 2.45) is 5.73 Å². The number of hydrogen-bond donors (Lipinski definition) is 1. The molecule has 0 aromatic heterocycles. The molecule has 0 rings (SSSR count). The molecule has 0 saturated heterocycles. The zero-order chi connectivity index (χ0) is 15.9. The molecular weight excluding hydrogens is 254 g/mol. The van der Waals surface area contributed by atoms with Crippen LogP contribution in [0.4, 0.5) is 0 Å². The van der Waals surface area contributed by atoms with Gasteiger partial charge in [0.05, 0.1) is 14.2 Å². The van der Waals surface area contributed by atoms with Gasteiger partial charge < -0.3 is 15.2 Å². The third-order valence-corrected chi connectivity index (χ3v) is 2.61. The van der Waals surface area contributed by atoms with E-state index in [1.807, 2.05) is 13.8 Å². The summed E-state index contributed by atoms with van der Waals surface area (Å²) in [5.41, 5.74) is 8.73. The minimum atomic E-state index is -0.487. The third-order valence-electron chi connectivity index (χ3n) is 2.61. The molecule has 4 heteroatoms. The highest BCUT2D eigenvalue weighted by Gasteiger charge is 2.18. The zero-order valence-electron chi connectivity index (χ0n) is 12.9. The van der Waals surface area contributed by atoms with Crippen molar-refractivity contribution in [3.8, 4) is 0 Å². The van der Waals surface area contributed by atoms with Crippen molar-refractivity contribution in [2.45, 2.75) is 20.8 Å². The van der Waals surface area contributed by atoms with Gasteiger partial charge in [0.1, 0.15) is 11.3 Å². The van der Waals surface area contributed by atoms with E-state index >= 15 is 0 Å². The highest BCUT2D eigenvalue weighted by molar-refractivity contribution is 5.94. The Morgan fingerprint density at radius 2 is 1.55 bits per heavy atom. The number of ether oxygens (including phenoxy) is 2. The van der Waals surface area contributed by atoms with Crippen LogP contribution in [-0.4, -0.2) is 20.2 Å². The molecule has 0 amide bonds. The van der Waals surface area contributed by atoms with Gasteiger partial charge in [0.15, 0.2) is 0 Å². The number of allylic oxidation sites excluding steroid dienone is 4. The summed E-state index contributed by atoms with van der Waals surface area (Å²) in [6.07, 6.45) is 3.47. The SMILES string of the molecule is C=C(C)\C(N)=C/C=C(C)/C(OC)=C(/C(=C)C)C(=O)OC. The van der Waals surface area contributed by atoms with Crippen LogP contribution in [0, 0.1) is 0 Å². The maximum Gasteiger partial charge on any atom is 0.341 e. The topological polar surface area (TPSA) is 61.5 Å². The Morgan fingerprint density at radius 3 is 1.90 bits per heavy atom. The third kappa shape index (κ3) is 4.80. The minimum absolute atomic E-state index is 0.311. The molecule has 0 aromatic rings. The zero-order valence-corrected chi connectivity index (χ0v) is 12.9. The first kappa shape index (κ1) is 17.8. The molecule has 0 bridgehead atoms. The second-order valence-corrected chi connectivity index (χ2v) is 4.43. The largest absolute Gasteiger partial charge is 0.496 e. The van der Waals surface area contributed by atoms with Crippen LogP contribution >= 0.6 is 0 Å². The maximum atomic E-state index is 11.8. The lowest BCUT2D eigenvalue weighted by Gasteiger charge is -2.13. The fourth-order valence-electron chi connectivity index (χ4n) is 1.46. The molecule has 110 valence electrons. The summed E-state index contributed by atoms with van der Waals surface area (Å²) in [4.78, 5) is 11.8. The Hall–Kier alpha value is -2.23. The van der Waals surface area contributed by atoms with Gasteiger partial charge in [-0.3, -0.25) is 0 Å².